The van der Waals surface area contributed by atoms with E-state index in [4.69, 9.17) is 6.57 Å². The molecule has 2 heterocycles. The predicted octanol–water partition coefficient (Wildman–Crippen LogP) is 5.54. The Hall–Kier alpha value is -2.18. The minimum absolute atomic E-state index is 0. The zero-order valence-electron chi connectivity index (χ0n) is 21.2. The first-order valence-corrected chi connectivity index (χ1v) is 13.1. The van der Waals surface area contributed by atoms with E-state index in [2.05, 4.69) is 15.1 Å². The SMILES string of the molecule is S.S.[C-]#[N+][C@@H]1C[C@H](F)CN1C(=O)C(C)Cc1c[nH]c2ccc(NC(=O)C34CC5CC(CC(C5)C3)C4)cc12. The molecule has 4 saturated carbocycles. The van der Waals surface area contributed by atoms with Crippen LogP contribution in [-0.2, 0) is 16.0 Å². The molecule has 2 amide bonds. The molecule has 3 atom stereocenters. The van der Waals surface area contributed by atoms with Gasteiger partial charge in [-0.1, -0.05) is 6.92 Å². The molecule has 9 heteroatoms. The van der Waals surface area contributed by atoms with E-state index in [0.29, 0.717) is 6.42 Å². The minimum Gasteiger partial charge on any atom is -0.361 e. The molecule has 0 spiro atoms. The second-order valence-electron chi connectivity index (χ2n) is 11.8. The largest absolute Gasteiger partial charge is 0.361 e. The number of benzene rings is 1. The summed E-state index contributed by atoms with van der Waals surface area (Å²) in [5.41, 5.74) is 2.54. The highest BCUT2D eigenvalue weighted by Gasteiger charge is 2.54. The zero-order chi connectivity index (χ0) is 24.3. The number of aromatic nitrogens is 1. The number of likely N-dealkylation sites (tertiary alicyclic amines) is 1. The van der Waals surface area contributed by atoms with Crippen molar-refractivity contribution in [2.24, 2.45) is 29.1 Å². The molecule has 7 rings (SSSR count). The van der Waals surface area contributed by atoms with Gasteiger partial charge in [0.15, 0.2) is 0 Å². The Kier molecular flexibility index (Phi) is 7.92. The Labute approximate surface area is 231 Å². The third-order valence-corrected chi connectivity index (χ3v) is 9.15. The highest BCUT2D eigenvalue weighted by atomic mass is 32.1. The first-order chi connectivity index (χ1) is 16.8. The molecular weight excluding hydrogens is 507 g/mol. The molecular formula is C28H37FN4O2S2. The number of nitrogens with zero attached hydrogens (tertiary/aromatic N) is 2. The predicted molar refractivity (Wildman–Crippen MR) is 153 cm³/mol. The van der Waals surface area contributed by atoms with E-state index >= 15 is 0 Å². The van der Waals surface area contributed by atoms with Crippen LogP contribution >= 0.6 is 27.0 Å². The van der Waals surface area contributed by atoms with Crippen molar-refractivity contribution < 1.29 is 14.0 Å². The smallest absolute Gasteiger partial charge is 0.303 e. The molecule has 1 saturated heterocycles. The summed E-state index contributed by atoms with van der Waals surface area (Å²) in [7, 11) is 0. The van der Waals surface area contributed by atoms with Gasteiger partial charge >= 0.3 is 6.17 Å². The van der Waals surface area contributed by atoms with Gasteiger partial charge in [-0.3, -0.25) is 19.3 Å². The molecule has 1 aromatic carbocycles. The first kappa shape index (κ1) is 27.8. The van der Waals surface area contributed by atoms with Gasteiger partial charge in [-0.05, 0) is 86.5 Å². The van der Waals surface area contributed by atoms with E-state index in [-0.39, 0.29) is 63.1 Å². The number of fused-ring (bicyclic) bond motifs is 1. The number of halogens is 1. The van der Waals surface area contributed by atoms with Crippen LogP contribution in [0.5, 0.6) is 0 Å². The standard InChI is InChI=1S/C28H33FN4O2.2H2S/c1-16(26(34)33-15-21(29)9-25(33)30-2)5-20-14-31-24-4-3-22(10-23(20)24)32-27(35)28-11-17-6-18(12-28)8-19(7-17)13-28;;/h3-4,10,14,16-19,21,25,31H,5-9,11-13,15H2,1H3,(H,32,35);2*1H2/t16?,17?,18?,19?,21-,25-,28?;;/m0../s1. The van der Waals surface area contributed by atoms with Crippen molar-refractivity contribution in [2.75, 3.05) is 11.9 Å². The van der Waals surface area contributed by atoms with Gasteiger partial charge < -0.3 is 10.3 Å². The Morgan fingerprint density at radius 3 is 2.43 bits per heavy atom. The molecule has 1 aromatic heterocycles. The van der Waals surface area contributed by atoms with Crippen LogP contribution < -0.4 is 5.32 Å². The van der Waals surface area contributed by atoms with E-state index < -0.39 is 12.3 Å². The topological polar surface area (TPSA) is 69.6 Å². The van der Waals surface area contributed by atoms with Gasteiger partial charge in [-0.2, -0.15) is 27.0 Å². The number of rotatable bonds is 5. The van der Waals surface area contributed by atoms with Gasteiger partial charge in [0.25, 0.3) is 0 Å². The second-order valence-corrected chi connectivity index (χ2v) is 11.8. The van der Waals surface area contributed by atoms with Crippen molar-refractivity contribution in [2.45, 2.75) is 70.6 Å². The fraction of sp³-hybridized carbons (Fsp3) is 0.607. The summed E-state index contributed by atoms with van der Waals surface area (Å²) in [6, 6.07) is 5.93. The van der Waals surface area contributed by atoms with Crippen LogP contribution in [0.25, 0.3) is 15.7 Å². The number of H-pyrrole nitrogens is 1. The Balaban J connectivity index is 0.00000160. The Bertz CT molecular complexity index is 1190. The number of carbonyl (C=O) groups excluding carboxylic acids is 2. The Morgan fingerprint density at radius 1 is 1.16 bits per heavy atom. The van der Waals surface area contributed by atoms with E-state index in [1.807, 2.05) is 31.3 Å². The van der Waals surface area contributed by atoms with Crippen LogP contribution in [0.3, 0.4) is 0 Å². The fourth-order valence-electron chi connectivity index (χ4n) is 7.90. The van der Waals surface area contributed by atoms with Crippen LogP contribution in [0.15, 0.2) is 24.4 Å². The fourth-order valence-corrected chi connectivity index (χ4v) is 7.90. The summed E-state index contributed by atoms with van der Waals surface area (Å²) in [6.07, 6.45) is 7.69. The maximum atomic E-state index is 13.8. The second kappa shape index (κ2) is 10.5. The minimum atomic E-state index is -1.13. The van der Waals surface area contributed by atoms with Crippen molar-refractivity contribution in [1.82, 2.24) is 9.88 Å². The lowest BCUT2D eigenvalue weighted by Gasteiger charge is -2.55. The molecule has 200 valence electrons. The van der Waals surface area contributed by atoms with Crippen molar-refractivity contribution in [3.05, 3.63) is 41.4 Å². The molecule has 37 heavy (non-hydrogen) atoms. The lowest BCUT2D eigenvalue weighted by atomic mass is 9.49. The number of amides is 2. The molecule has 5 aliphatic rings. The number of anilines is 1. The molecule has 2 aromatic rings. The van der Waals surface area contributed by atoms with E-state index in [1.165, 1.54) is 24.2 Å². The Morgan fingerprint density at radius 2 is 1.81 bits per heavy atom. The third kappa shape index (κ3) is 4.99. The van der Waals surface area contributed by atoms with Crippen molar-refractivity contribution >= 4 is 55.4 Å². The average Bonchev–Trinajstić information content (AvgIpc) is 3.40. The van der Waals surface area contributed by atoms with Crippen molar-refractivity contribution in [1.29, 1.82) is 0 Å². The average molecular weight is 545 g/mol. The normalized spacial score (nSPS) is 32.4. The van der Waals surface area contributed by atoms with E-state index in [1.54, 1.807) is 0 Å². The maximum absolute atomic E-state index is 13.8. The quantitative estimate of drug-likeness (QED) is 0.485. The number of hydrogen-bond acceptors (Lipinski definition) is 2. The summed E-state index contributed by atoms with van der Waals surface area (Å²) >= 11 is 0. The molecule has 5 fully saturated rings. The molecule has 1 unspecified atom stereocenters. The third-order valence-electron chi connectivity index (χ3n) is 9.15. The first-order valence-electron chi connectivity index (χ1n) is 13.1. The van der Waals surface area contributed by atoms with Gasteiger partial charge in [0.1, 0.15) is 6.17 Å². The number of alkyl halides is 1. The summed E-state index contributed by atoms with van der Waals surface area (Å²) in [6.45, 7) is 9.14. The van der Waals surface area contributed by atoms with Crippen molar-refractivity contribution in [3.8, 4) is 0 Å². The number of carbonyl (C=O) groups is 2. The molecule has 4 aliphatic carbocycles. The molecule has 0 radical (unpaired) electrons. The van der Waals surface area contributed by atoms with Gasteiger partial charge in [-0.15, -0.1) is 0 Å². The highest BCUT2D eigenvalue weighted by Crippen LogP contribution is 2.60. The molecule has 1 aliphatic heterocycles. The number of nitrogens with one attached hydrogen (secondary N) is 2. The van der Waals surface area contributed by atoms with Gasteiger partial charge in [-0.25, -0.2) is 11.0 Å². The van der Waals surface area contributed by atoms with Crippen LogP contribution in [0.2, 0.25) is 0 Å². The van der Waals surface area contributed by atoms with Crippen molar-refractivity contribution in [3.63, 3.8) is 0 Å². The molecule has 6 nitrogen and oxygen atoms in total. The summed E-state index contributed by atoms with van der Waals surface area (Å²) in [5, 5.41) is 4.23. The lowest BCUT2D eigenvalue weighted by molar-refractivity contribution is -0.140. The van der Waals surface area contributed by atoms with Crippen LogP contribution in [0, 0.1) is 35.7 Å². The summed E-state index contributed by atoms with van der Waals surface area (Å²) in [4.78, 5) is 34.6. The van der Waals surface area contributed by atoms with E-state index in [0.717, 1.165) is 59.2 Å². The summed E-state index contributed by atoms with van der Waals surface area (Å²) < 4.78 is 13.8. The van der Waals surface area contributed by atoms with Gasteiger partial charge in [0.2, 0.25) is 11.8 Å². The number of aromatic amines is 1. The summed E-state index contributed by atoms with van der Waals surface area (Å²) in [5.74, 6) is 1.79. The molecule has 4 bridgehead atoms. The molecule has 2 N–H and O–H groups in total. The van der Waals surface area contributed by atoms with Crippen LogP contribution in [-0.4, -0.2) is 40.6 Å². The van der Waals surface area contributed by atoms with E-state index in [9.17, 15) is 14.0 Å². The van der Waals surface area contributed by atoms with Gasteiger partial charge in [0, 0.05) is 28.7 Å². The zero-order valence-corrected chi connectivity index (χ0v) is 23.2. The van der Waals surface area contributed by atoms with Crippen LogP contribution in [0.1, 0.15) is 57.4 Å². The van der Waals surface area contributed by atoms with Crippen LogP contribution in [0.4, 0.5) is 10.1 Å². The number of hydrogen-bond donors (Lipinski definition) is 2. The monoisotopic (exact) mass is 544 g/mol. The lowest BCUT2D eigenvalue weighted by Crippen LogP contribution is -2.51. The maximum Gasteiger partial charge on any atom is 0.303 e. The highest BCUT2D eigenvalue weighted by molar-refractivity contribution is 7.59. The van der Waals surface area contributed by atoms with Gasteiger partial charge in [0.05, 0.1) is 18.4 Å².